The van der Waals surface area contributed by atoms with Crippen LogP contribution in [0.4, 0.5) is 5.69 Å². The molecule has 1 atom stereocenters. The van der Waals surface area contributed by atoms with Gasteiger partial charge in [0.2, 0.25) is 15.9 Å². The quantitative estimate of drug-likeness (QED) is 0.620. The number of aryl methyl sites for hydroxylation is 1. The monoisotopic (exact) mass is 429 g/mol. The Morgan fingerprint density at radius 3 is 2.66 bits per heavy atom. The van der Waals surface area contributed by atoms with E-state index in [-0.39, 0.29) is 18.5 Å². The van der Waals surface area contributed by atoms with Gasteiger partial charge in [0.05, 0.1) is 28.2 Å². The van der Waals surface area contributed by atoms with Gasteiger partial charge in [-0.2, -0.15) is 0 Å². The summed E-state index contributed by atoms with van der Waals surface area (Å²) in [5, 5.41) is 0.916. The van der Waals surface area contributed by atoms with Crippen LogP contribution in [0, 0.1) is 6.92 Å². The zero-order valence-corrected chi connectivity index (χ0v) is 18.0. The summed E-state index contributed by atoms with van der Waals surface area (Å²) < 4.78 is 27.2. The largest absolute Gasteiger partial charge is 0.332 e. The summed E-state index contributed by atoms with van der Waals surface area (Å²) in [7, 11) is -3.59. The van der Waals surface area contributed by atoms with E-state index >= 15 is 0 Å². The number of anilines is 1. The Hall–Kier alpha value is -2.45. The first-order chi connectivity index (χ1) is 13.8. The number of aromatic nitrogens is 1. The summed E-state index contributed by atoms with van der Waals surface area (Å²) in [6.45, 7) is 2.26. The third-order valence-corrected chi connectivity index (χ3v) is 7.50. The Bertz CT molecular complexity index is 1120. The molecule has 0 spiro atoms. The second-order valence-corrected chi connectivity index (χ2v) is 10.3. The molecule has 1 aliphatic heterocycles. The summed E-state index contributed by atoms with van der Waals surface area (Å²) in [6, 6.07) is 15.1. The van der Waals surface area contributed by atoms with Gasteiger partial charge in [-0.05, 0) is 43.5 Å². The van der Waals surface area contributed by atoms with Crippen LogP contribution in [-0.2, 0) is 14.8 Å². The van der Waals surface area contributed by atoms with E-state index < -0.39 is 10.0 Å². The molecule has 1 aromatic heterocycles. The van der Waals surface area contributed by atoms with Gasteiger partial charge in [-0.15, -0.1) is 11.3 Å². The van der Waals surface area contributed by atoms with Crippen molar-refractivity contribution < 1.29 is 13.2 Å². The fraction of sp³-hybridized carbons (Fsp3) is 0.333. The number of rotatable bonds is 5. The summed E-state index contributed by atoms with van der Waals surface area (Å²) in [4.78, 5) is 19.7. The van der Waals surface area contributed by atoms with E-state index in [1.165, 1.54) is 4.31 Å². The lowest BCUT2D eigenvalue weighted by molar-refractivity contribution is -0.130. The molecular weight excluding hydrogens is 406 g/mol. The molecule has 6 nitrogen and oxygen atoms in total. The first kappa shape index (κ1) is 19.8. The van der Waals surface area contributed by atoms with Gasteiger partial charge in [-0.3, -0.25) is 9.10 Å². The van der Waals surface area contributed by atoms with E-state index in [0.29, 0.717) is 12.2 Å². The second kappa shape index (κ2) is 7.76. The van der Waals surface area contributed by atoms with Crippen molar-refractivity contribution in [3.63, 3.8) is 0 Å². The Kier molecular flexibility index (Phi) is 5.31. The average molecular weight is 430 g/mol. The van der Waals surface area contributed by atoms with Crippen molar-refractivity contribution in [1.29, 1.82) is 0 Å². The van der Waals surface area contributed by atoms with E-state index in [9.17, 15) is 13.2 Å². The Labute approximate surface area is 174 Å². The number of thiazole rings is 1. The highest BCUT2D eigenvalue weighted by atomic mass is 32.2. The van der Waals surface area contributed by atoms with Crippen molar-refractivity contribution in [3.8, 4) is 0 Å². The molecule has 1 fully saturated rings. The summed E-state index contributed by atoms with van der Waals surface area (Å²) in [5.41, 5.74) is 2.29. The molecular formula is C21H23N3O3S2. The summed E-state index contributed by atoms with van der Waals surface area (Å²) in [6.07, 6.45) is 2.87. The molecule has 2 heterocycles. The third-order valence-electron chi connectivity index (χ3n) is 5.23. The summed E-state index contributed by atoms with van der Waals surface area (Å²) >= 11 is 1.60. The number of amides is 1. The molecule has 1 aliphatic rings. The highest BCUT2D eigenvalue weighted by Gasteiger charge is 2.34. The number of likely N-dealkylation sites (tertiary alicyclic amines) is 1. The first-order valence-corrected chi connectivity index (χ1v) is 12.2. The molecule has 1 amide bonds. The maximum absolute atomic E-state index is 13.2. The number of fused-ring (bicyclic) bond motifs is 1. The van der Waals surface area contributed by atoms with Gasteiger partial charge >= 0.3 is 0 Å². The molecule has 2 aromatic carbocycles. The van der Waals surface area contributed by atoms with Crippen molar-refractivity contribution in [3.05, 3.63) is 59.1 Å². The first-order valence-electron chi connectivity index (χ1n) is 9.53. The van der Waals surface area contributed by atoms with Crippen LogP contribution in [0.25, 0.3) is 10.2 Å². The lowest BCUT2D eigenvalue weighted by Crippen LogP contribution is -2.42. The van der Waals surface area contributed by atoms with Crippen molar-refractivity contribution in [2.45, 2.75) is 25.8 Å². The number of hydrogen-bond donors (Lipinski definition) is 0. The van der Waals surface area contributed by atoms with Crippen LogP contribution in [0.2, 0.25) is 0 Å². The maximum Gasteiger partial charge on any atom is 0.243 e. The predicted molar refractivity (Wildman–Crippen MR) is 117 cm³/mol. The lowest BCUT2D eigenvalue weighted by atomic mass is 10.2. The number of carbonyl (C=O) groups is 1. The zero-order chi connectivity index (χ0) is 20.6. The third kappa shape index (κ3) is 4.00. The van der Waals surface area contributed by atoms with Gasteiger partial charge in [0.1, 0.15) is 11.6 Å². The van der Waals surface area contributed by atoms with E-state index in [1.54, 1.807) is 28.4 Å². The topological polar surface area (TPSA) is 70.6 Å². The van der Waals surface area contributed by atoms with Crippen LogP contribution in [0.5, 0.6) is 0 Å². The second-order valence-electron chi connectivity index (χ2n) is 7.32. The number of sulfonamides is 1. The number of hydrogen-bond acceptors (Lipinski definition) is 5. The minimum atomic E-state index is -3.59. The van der Waals surface area contributed by atoms with Gasteiger partial charge in [0, 0.05) is 6.54 Å². The van der Waals surface area contributed by atoms with E-state index in [1.807, 2.05) is 43.3 Å². The van der Waals surface area contributed by atoms with Crippen LogP contribution in [0.1, 0.15) is 29.5 Å². The number of carbonyl (C=O) groups excluding carboxylic acids is 1. The average Bonchev–Trinajstić information content (AvgIpc) is 3.32. The lowest BCUT2D eigenvalue weighted by Gasteiger charge is -2.28. The Morgan fingerprint density at radius 2 is 1.93 bits per heavy atom. The van der Waals surface area contributed by atoms with Gasteiger partial charge in [-0.1, -0.05) is 30.3 Å². The van der Waals surface area contributed by atoms with Gasteiger partial charge in [0.25, 0.3) is 0 Å². The fourth-order valence-corrected chi connectivity index (χ4v) is 5.81. The van der Waals surface area contributed by atoms with E-state index in [2.05, 4.69) is 0 Å². The highest BCUT2D eigenvalue weighted by molar-refractivity contribution is 7.92. The van der Waals surface area contributed by atoms with Gasteiger partial charge in [-0.25, -0.2) is 13.4 Å². The molecule has 0 aliphatic carbocycles. The van der Waals surface area contributed by atoms with Crippen LogP contribution < -0.4 is 4.31 Å². The van der Waals surface area contributed by atoms with Crippen LogP contribution in [0.15, 0.2) is 48.5 Å². The molecule has 152 valence electrons. The zero-order valence-electron chi connectivity index (χ0n) is 16.4. The number of benzene rings is 2. The Morgan fingerprint density at radius 1 is 1.21 bits per heavy atom. The minimum absolute atomic E-state index is 0.0989. The molecule has 0 saturated carbocycles. The molecule has 0 bridgehead atoms. The molecule has 1 unspecified atom stereocenters. The molecule has 8 heteroatoms. The van der Waals surface area contributed by atoms with Crippen molar-refractivity contribution in [2.75, 3.05) is 23.7 Å². The van der Waals surface area contributed by atoms with Crippen molar-refractivity contribution >= 4 is 43.2 Å². The highest BCUT2D eigenvalue weighted by Crippen LogP contribution is 2.36. The molecule has 1 saturated heterocycles. The smallest absolute Gasteiger partial charge is 0.243 e. The molecule has 0 radical (unpaired) electrons. The van der Waals surface area contributed by atoms with E-state index in [4.69, 9.17) is 4.98 Å². The molecule has 29 heavy (non-hydrogen) atoms. The minimum Gasteiger partial charge on any atom is -0.332 e. The summed E-state index contributed by atoms with van der Waals surface area (Å²) in [5.74, 6) is -0.194. The molecule has 3 aromatic rings. The normalized spacial score (nSPS) is 17.0. The van der Waals surface area contributed by atoms with Gasteiger partial charge < -0.3 is 4.90 Å². The molecule has 0 N–H and O–H groups in total. The van der Waals surface area contributed by atoms with Crippen LogP contribution in [-0.4, -0.2) is 43.6 Å². The predicted octanol–water partition coefficient (Wildman–Crippen LogP) is 3.73. The maximum atomic E-state index is 13.2. The number of para-hydroxylation sites is 2. The van der Waals surface area contributed by atoms with Crippen LogP contribution >= 0.6 is 11.3 Å². The van der Waals surface area contributed by atoms with E-state index in [0.717, 1.165) is 39.9 Å². The van der Waals surface area contributed by atoms with Crippen molar-refractivity contribution in [1.82, 2.24) is 9.88 Å². The fourth-order valence-electron chi connectivity index (χ4n) is 3.79. The SMILES string of the molecule is Cc1ccccc1N(CC(=O)N1CCCC1c1nc2ccccc2s1)S(C)(=O)=O. The van der Waals surface area contributed by atoms with Crippen LogP contribution in [0.3, 0.4) is 0 Å². The number of nitrogens with zero attached hydrogens (tertiary/aromatic N) is 3. The van der Waals surface area contributed by atoms with Crippen molar-refractivity contribution in [2.24, 2.45) is 0 Å². The molecule has 4 rings (SSSR count). The standard InChI is InChI=1S/C21H23N3O3S2/c1-15-8-3-5-10-17(15)24(29(2,26)27)14-20(25)23-13-7-11-18(23)21-22-16-9-4-6-12-19(16)28-21/h3-6,8-10,12,18H,7,11,13-14H2,1-2H3. The Balaban J connectivity index is 1.61. The van der Waals surface area contributed by atoms with Gasteiger partial charge in [0.15, 0.2) is 0 Å².